The summed E-state index contributed by atoms with van der Waals surface area (Å²) in [6, 6.07) is 0.201. The summed E-state index contributed by atoms with van der Waals surface area (Å²) in [4.78, 5) is 39.8. The Balaban J connectivity index is 1.14. The zero-order valence-electron chi connectivity index (χ0n) is 24.5. The molecule has 1 spiro atoms. The number of ether oxygens (including phenoxy) is 3. The van der Waals surface area contributed by atoms with Gasteiger partial charge in [0.15, 0.2) is 6.29 Å². The number of nitrogens with one attached hydrogen (secondary N) is 1. The second-order valence-corrected chi connectivity index (χ2v) is 13.5. The number of nitrogens with zero attached hydrogens (tertiary/aromatic N) is 4. The molecule has 1 unspecified atom stereocenters. The Labute approximate surface area is 237 Å². The third-order valence-electron chi connectivity index (χ3n) is 9.21. The van der Waals surface area contributed by atoms with E-state index in [1.54, 1.807) is 4.90 Å². The molecule has 4 heterocycles. The number of likely N-dealkylation sites (tertiary alicyclic amines) is 1. The number of anilines is 2. The molecule has 40 heavy (non-hydrogen) atoms. The highest BCUT2D eigenvalue weighted by Crippen LogP contribution is 2.57. The fourth-order valence-corrected chi connectivity index (χ4v) is 6.88. The molecule has 10 nitrogen and oxygen atoms in total. The standard InChI is InChI=1S/C30H45N5O5/c1-19-18-34(28(37)40-29(2,3)4)14-11-23(19)32-27-31-17-22-25(33-27)35(26(36)30(22)12-13-30)20-8-7-9-21(16-20)39-24-10-5-6-15-38-24/h17,19-21,23-24H,5-16,18H2,1-4H3,(H,31,32,33)/t19-,20-,21-,23+,24?/m1/s1. The first kappa shape index (κ1) is 27.7. The predicted molar refractivity (Wildman–Crippen MR) is 150 cm³/mol. The molecular weight excluding hydrogens is 510 g/mol. The number of fused-ring (bicyclic) bond motifs is 2. The van der Waals surface area contributed by atoms with Crippen molar-refractivity contribution in [3.8, 4) is 0 Å². The van der Waals surface area contributed by atoms with Gasteiger partial charge in [-0.3, -0.25) is 9.69 Å². The van der Waals surface area contributed by atoms with Crippen molar-refractivity contribution >= 4 is 23.8 Å². The van der Waals surface area contributed by atoms with E-state index in [9.17, 15) is 9.59 Å². The van der Waals surface area contributed by atoms with Crippen molar-refractivity contribution in [2.75, 3.05) is 29.9 Å². The average molecular weight is 556 g/mol. The molecule has 0 bridgehead atoms. The number of aromatic nitrogens is 2. The van der Waals surface area contributed by atoms with Crippen LogP contribution in [-0.2, 0) is 24.4 Å². The summed E-state index contributed by atoms with van der Waals surface area (Å²) in [5, 5.41) is 3.54. The van der Waals surface area contributed by atoms with Crippen molar-refractivity contribution < 1.29 is 23.8 Å². The smallest absolute Gasteiger partial charge is 0.410 e. The van der Waals surface area contributed by atoms with Gasteiger partial charge in [-0.2, -0.15) is 4.98 Å². The number of rotatable bonds is 5. The van der Waals surface area contributed by atoms with E-state index in [-0.39, 0.29) is 42.4 Å². The van der Waals surface area contributed by atoms with Gasteiger partial charge in [0.05, 0.1) is 11.5 Å². The molecule has 220 valence electrons. The van der Waals surface area contributed by atoms with Crippen LogP contribution in [0.3, 0.4) is 0 Å². The Kier molecular flexibility index (Phi) is 7.44. The molecule has 5 aliphatic rings. The van der Waals surface area contributed by atoms with Crippen LogP contribution >= 0.6 is 0 Å². The molecule has 1 aromatic rings. The molecule has 0 aromatic carbocycles. The van der Waals surface area contributed by atoms with Crippen molar-refractivity contribution in [1.29, 1.82) is 0 Å². The summed E-state index contributed by atoms with van der Waals surface area (Å²) in [5.74, 6) is 1.71. The number of piperidine rings is 1. The van der Waals surface area contributed by atoms with E-state index in [0.717, 1.165) is 82.2 Å². The molecule has 2 amide bonds. The van der Waals surface area contributed by atoms with Crippen molar-refractivity contribution in [2.45, 2.75) is 127 Å². The Morgan fingerprint density at radius 3 is 2.67 bits per heavy atom. The summed E-state index contributed by atoms with van der Waals surface area (Å²) >= 11 is 0. The number of hydrogen-bond donors (Lipinski definition) is 1. The van der Waals surface area contributed by atoms with Crippen LogP contribution in [0.1, 0.15) is 97.5 Å². The highest BCUT2D eigenvalue weighted by molar-refractivity contribution is 6.09. The minimum absolute atomic E-state index is 0.0762. The van der Waals surface area contributed by atoms with Crippen LogP contribution in [0.25, 0.3) is 0 Å². The summed E-state index contributed by atoms with van der Waals surface area (Å²) < 4.78 is 17.8. The van der Waals surface area contributed by atoms with Crippen molar-refractivity contribution in [1.82, 2.24) is 14.9 Å². The highest BCUT2D eigenvalue weighted by atomic mass is 16.7. The first-order valence-corrected chi connectivity index (χ1v) is 15.4. The normalized spacial score (nSPS) is 31.7. The first-order valence-electron chi connectivity index (χ1n) is 15.4. The fraction of sp³-hybridized carbons (Fsp3) is 0.800. The highest BCUT2D eigenvalue weighted by Gasteiger charge is 2.61. The topological polar surface area (TPSA) is 106 Å². The maximum atomic E-state index is 13.8. The van der Waals surface area contributed by atoms with Crippen molar-refractivity contribution in [3.05, 3.63) is 11.8 Å². The molecule has 1 N–H and O–H groups in total. The van der Waals surface area contributed by atoms with Gasteiger partial charge in [0.2, 0.25) is 11.9 Å². The lowest BCUT2D eigenvalue weighted by atomic mass is 9.91. The lowest BCUT2D eigenvalue weighted by Gasteiger charge is -2.38. The summed E-state index contributed by atoms with van der Waals surface area (Å²) in [7, 11) is 0. The van der Waals surface area contributed by atoms with Crippen LogP contribution in [0.15, 0.2) is 6.20 Å². The van der Waals surface area contributed by atoms with Gasteiger partial charge < -0.3 is 24.4 Å². The molecular formula is C30H45N5O5. The van der Waals surface area contributed by atoms with E-state index in [2.05, 4.69) is 17.2 Å². The molecule has 4 fully saturated rings. The summed E-state index contributed by atoms with van der Waals surface area (Å²) in [6.45, 7) is 9.79. The van der Waals surface area contributed by atoms with Crippen LogP contribution in [-0.4, -0.2) is 76.6 Å². The quantitative estimate of drug-likeness (QED) is 0.554. The molecule has 2 saturated carbocycles. The minimum Gasteiger partial charge on any atom is -0.444 e. The van der Waals surface area contributed by atoms with Crippen LogP contribution in [0.4, 0.5) is 16.6 Å². The minimum atomic E-state index is -0.510. The molecule has 2 aliphatic carbocycles. The van der Waals surface area contributed by atoms with Crippen molar-refractivity contribution in [3.63, 3.8) is 0 Å². The third kappa shape index (κ3) is 5.53. The first-order chi connectivity index (χ1) is 19.1. The lowest BCUT2D eigenvalue weighted by molar-refractivity contribution is -0.193. The zero-order valence-corrected chi connectivity index (χ0v) is 24.5. The third-order valence-corrected chi connectivity index (χ3v) is 9.21. The van der Waals surface area contributed by atoms with Crippen LogP contribution in [0.5, 0.6) is 0 Å². The van der Waals surface area contributed by atoms with E-state index in [0.29, 0.717) is 19.0 Å². The monoisotopic (exact) mass is 555 g/mol. The number of amides is 2. The van der Waals surface area contributed by atoms with E-state index < -0.39 is 11.0 Å². The number of hydrogen-bond acceptors (Lipinski definition) is 8. The molecule has 10 heteroatoms. The van der Waals surface area contributed by atoms with E-state index in [1.807, 2.05) is 31.9 Å². The molecule has 5 atom stereocenters. The molecule has 6 rings (SSSR count). The van der Waals surface area contributed by atoms with Crippen molar-refractivity contribution in [2.24, 2.45) is 5.92 Å². The Bertz CT molecular complexity index is 1110. The van der Waals surface area contributed by atoms with Gasteiger partial charge in [0.25, 0.3) is 0 Å². The Hall–Kier alpha value is -2.46. The number of carbonyl (C=O) groups excluding carboxylic acids is 2. The van der Waals surface area contributed by atoms with Gasteiger partial charge in [-0.1, -0.05) is 6.92 Å². The molecule has 3 aliphatic heterocycles. The largest absolute Gasteiger partial charge is 0.444 e. The lowest BCUT2D eigenvalue weighted by Crippen LogP contribution is -2.49. The second kappa shape index (κ2) is 10.7. The maximum Gasteiger partial charge on any atom is 0.410 e. The zero-order chi connectivity index (χ0) is 28.1. The number of carbonyl (C=O) groups is 2. The van der Waals surface area contributed by atoms with E-state index >= 15 is 0 Å². The van der Waals surface area contributed by atoms with Crippen LogP contribution < -0.4 is 10.2 Å². The second-order valence-electron chi connectivity index (χ2n) is 13.5. The van der Waals surface area contributed by atoms with Gasteiger partial charge in [0, 0.05) is 43.5 Å². The Morgan fingerprint density at radius 2 is 1.98 bits per heavy atom. The van der Waals surface area contributed by atoms with Gasteiger partial charge in [-0.15, -0.1) is 0 Å². The van der Waals surface area contributed by atoms with Crippen LogP contribution in [0.2, 0.25) is 0 Å². The van der Waals surface area contributed by atoms with E-state index in [4.69, 9.17) is 19.2 Å². The SMILES string of the molecule is C[C@@H]1CN(C(=O)OC(C)(C)C)CC[C@@H]1Nc1ncc2c(n1)N([C@@H]1CCC[C@@H](OC3CCCCO3)C1)C(=O)C21CC1. The molecule has 2 saturated heterocycles. The van der Waals surface area contributed by atoms with E-state index in [1.165, 1.54) is 0 Å². The fourth-order valence-electron chi connectivity index (χ4n) is 6.88. The van der Waals surface area contributed by atoms with Gasteiger partial charge in [-0.25, -0.2) is 9.78 Å². The van der Waals surface area contributed by atoms with Gasteiger partial charge in [0.1, 0.15) is 11.4 Å². The predicted octanol–water partition coefficient (Wildman–Crippen LogP) is 4.77. The van der Waals surface area contributed by atoms with Gasteiger partial charge >= 0.3 is 6.09 Å². The average Bonchev–Trinajstić information content (AvgIpc) is 3.68. The summed E-state index contributed by atoms with van der Waals surface area (Å²) in [5.41, 5.74) is 0.0408. The molecule has 0 radical (unpaired) electrons. The maximum absolute atomic E-state index is 13.8. The Morgan fingerprint density at radius 1 is 1.15 bits per heavy atom. The van der Waals surface area contributed by atoms with Crippen LogP contribution in [0, 0.1) is 5.92 Å². The molecule has 1 aromatic heterocycles. The van der Waals surface area contributed by atoms with Gasteiger partial charge in [-0.05, 0) is 90.9 Å². The summed E-state index contributed by atoms with van der Waals surface area (Å²) in [6.07, 6.45) is 11.1.